The summed E-state index contributed by atoms with van der Waals surface area (Å²) in [6.07, 6.45) is 3.43. The Hall–Kier alpha value is -1.06. The SMILES string of the molecule is COCCCCCNC(C)c1ccc(C)cc1O. The van der Waals surface area contributed by atoms with Gasteiger partial charge in [-0.3, -0.25) is 0 Å². The molecule has 0 bridgehead atoms. The molecule has 18 heavy (non-hydrogen) atoms. The molecule has 0 aliphatic carbocycles. The molecule has 102 valence electrons. The lowest BCUT2D eigenvalue weighted by Gasteiger charge is -2.16. The van der Waals surface area contributed by atoms with Crippen LogP contribution in [0.15, 0.2) is 18.2 Å². The van der Waals surface area contributed by atoms with Crippen LogP contribution in [0.5, 0.6) is 5.75 Å². The third kappa shape index (κ3) is 5.07. The van der Waals surface area contributed by atoms with Crippen LogP contribution < -0.4 is 5.32 Å². The van der Waals surface area contributed by atoms with E-state index < -0.39 is 0 Å². The lowest BCUT2D eigenvalue weighted by Crippen LogP contribution is -2.20. The van der Waals surface area contributed by atoms with Gasteiger partial charge < -0.3 is 15.2 Å². The van der Waals surface area contributed by atoms with Crippen LogP contribution in [0.25, 0.3) is 0 Å². The van der Waals surface area contributed by atoms with Gasteiger partial charge in [0.2, 0.25) is 0 Å². The monoisotopic (exact) mass is 251 g/mol. The average Bonchev–Trinajstić information content (AvgIpc) is 2.33. The first-order valence-corrected chi connectivity index (χ1v) is 6.67. The van der Waals surface area contributed by atoms with Crippen LogP contribution in [0.3, 0.4) is 0 Å². The highest BCUT2D eigenvalue weighted by Gasteiger charge is 2.09. The Bertz CT molecular complexity index is 352. The van der Waals surface area contributed by atoms with Gasteiger partial charge in [-0.2, -0.15) is 0 Å². The Morgan fingerprint density at radius 3 is 2.72 bits per heavy atom. The van der Waals surface area contributed by atoms with Crippen molar-refractivity contribution in [3.8, 4) is 5.75 Å². The molecule has 0 saturated carbocycles. The number of benzene rings is 1. The number of methoxy groups -OCH3 is 1. The van der Waals surface area contributed by atoms with E-state index >= 15 is 0 Å². The fourth-order valence-corrected chi connectivity index (χ4v) is 2.00. The van der Waals surface area contributed by atoms with E-state index in [1.54, 1.807) is 7.11 Å². The van der Waals surface area contributed by atoms with Gasteiger partial charge in [-0.25, -0.2) is 0 Å². The standard InChI is InChI=1S/C15H25NO2/c1-12-7-8-14(15(17)11-12)13(2)16-9-5-4-6-10-18-3/h7-8,11,13,16-17H,4-6,9-10H2,1-3H3. The fourth-order valence-electron chi connectivity index (χ4n) is 2.00. The van der Waals surface area contributed by atoms with Crippen LogP contribution in [0.4, 0.5) is 0 Å². The molecule has 0 aliphatic rings. The van der Waals surface area contributed by atoms with E-state index in [0.29, 0.717) is 5.75 Å². The predicted octanol–water partition coefficient (Wildman–Crippen LogP) is 3.17. The Kier molecular flexibility index (Phi) is 6.76. The van der Waals surface area contributed by atoms with Crippen LogP contribution in [0, 0.1) is 6.92 Å². The highest BCUT2D eigenvalue weighted by molar-refractivity contribution is 5.37. The minimum atomic E-state index is 0.188. The van der Waals surface area contributed by atoms with Gasteiger partial charge in [-0.1, -0.05) is 12.1 Å². The molecule has 0 aromatic heterocycles. The third-order valence-electron chi connectivity index (χ3n) is 3.13. The lowest BCUT2D eigenvalue weighted by molar-refractivity contribution is 0.192. The number of rotatable bonds is 8. The molecule has 0 radical (unpaired) electrons. The minimum absolute atomic E-state index is 0.188. The summed E-state index contributed by atoms with van der Waals surface area (Å²) in [7, 11) is 1.74. The fraction of sp³-hybridized carbons (Fsp3) is 0.600. The van der Waals surface area contributed by atoms with Crippen LogP contribution in [0.1, 0.15) is 43.4 Å². The van der Waals surface area contributed by atoms with Gasteiger partial charge in [0.1, 0.15) is 5.75 Å². The lowest BCUT2D eigenvalue weighted by atomic mass is 10.0. The van der Waals surface area contributed by atoms with E-state index in [1.807, 2.05) is 25.1 Å². The zero-order chi connectivity index (χ0) is 13.4. The number of hydrogen-bond donors (Lipinski definition) is 2. The van der Waals surface area contributed by atoms with Gasteiger partial charge >= 0.3 is 0 Å². The van der Waals surface area contributed by atoms with Crippen molar-refractivity contribution in [1.82, 2.24) is 5.32 Å². The molecule has 0 saturated heterocycles. The second-order valence-corrected chi connectivity index (χ2v) is 4.79. The molecule has 1 aromatic rings. The summed E-state index contributed by atoms with van der Waals surface area (Å²) in [5.41, 5.74) is 2.06. The molecule has 1 atom stereocenters. The van der Waals surface area contributed by atoms with Crippen molar-refractivity contribution in [2.75, 3.05) is 20.3 Å². The molecule has 1 unspecified atom stereocenters. The van der Waals surface area contributed by atoms with Crippen molar-refractivity contribution < 1.29 is 9.84 Å². The van der Waals surface area contributed by atoms with Crippen LogP contribution >= 0.6 is 0 Å². The minimum Gasteiger partial charge on any atom is -0.508 e. The van der Waals surface area contributed by atoms with E-state index in [9.17, 15) is 5.11 Å². The Balaban J connectivity index is 2.29. The predicted molar refractivity (Wildman–Crippen MR) is 75.0 cm³/mol. The molecule has 0 amide bonds. The van der Waals surface area contributed by atoms with Crippen LogP contribution in [-0.4, -0.2) is 25.4 Å². The zero-order valence-electron chi connectivity index (χ0n) is 11.7. The number of unbranched alkanes of at least 4 members (excludes halogenated alkanes) is 2. The molecule has 1 rings (SSSR count). The van der Waals surface area contributed by atoms with Gasteiger partial charge in [0.05, 0.1) is 0 Å². The summed E-state index contributed by atoms with van der Waals surface area (Å²) in [6.45, 7) is 5.88. The second-order valence-electron chi connectivity index (χ2n) is 4.79. The third-order valence-corrected chi connectivity index (χ3v) is 3.13. The molecule has 0 heterocycles. The van der Waals surface area contributed by atoms with Gasteiger partial charge in [0.25, 0.3) is 0 Å². The molecular formula is C15H25NO2. The first kappa shape index (κ1) is 15.0. The van der Waals surface area contributed by atoms with Gasteiger partial charge in [0.15, 0.2) is 0 Å². The van der Waals surface area contributed by atoms with Gasteiger partial charge in [-0.05, 0) is 51.3 Å². The van der Waals surface area contributed by atoms with Crippen molar-refractivity contribution in [2.45, 2.75) is 39.2 Å². The van der Waals surface area contributed by atoms with E-state index in [4.69, 9.17) is 4.74 Å². The van der Waals surface area contributed by atoms with Crippen molar-refractivity contribution >= 4 is 0 Å². The maximum absolute atomic E-state index is 9.88. The number of phenolic OH excluding ortho intramolecular Hbond substituents is 1. The van der Waals surface area contributed by atoms with Gasteiger partial charge in [0, 0.05) is 25.3 Å². The quantitative estimate of drug-likeness (QED) is 0.697. The second kappa shape index (κ2) is 8.11. The number of phenols is 1. The first-order chi connectivity index (χ1) is 8.65. The molecule has 0 aliphatic heterocycles. The summed E-state index contributed by atoms with van der Waals surface area (Å²) >= 11 is 0. The number of ether oxygens (including phenoxy) is 1. The van der Waals surface area contributed by atoms with Crippen LogP contribution in [0.2, 0.25) is 0 Å². The smallest absolute Gasteiger partial charge is 0.120 e. The Morgan fingerprint density at radius 2 is 2.06 bits per heavy atom. The van der Waals surface area contributed by atoms with E-state index in [0.717, 1.165) is 37.1 Å². The summed E-state index contributed by atoms with van der Waals surface area (Å²) in [5.74, 6) is 0.384. The van der Waals surface area contributed by atoms with Gasteiger partial charge in [-0.15, -0.1) is 0 Å². The number of aryl methyl sites for hydroxylation is 1. The van der Waals surface area contributed by atoms with E-state index in [-0.39, 0.29) is 6.04 Å². The number of aromatic hydroxyl groups is 1. The van der Waals surface area contributed by atoms with Crippen molar-refractivity contribution in [3.63, 3.8) is 0 Å². The number of hydrogen-bond acceptors (Lipinski definition) is 3. The first-order valence-electron chi connectivity index (χ1n) is 6.67. The Labute approximate surface area is 110 Å². The number of nitrogens with one attached hydrogen (secondary N) is 1. The summed E-state index contributed by atoms with van der Waals surface area (Å²) in [4.78, 5) is 0. The summed E-state index contributed by atoms with van der Waals surface area (Å²) in [6, 6.07) is 6.03. The average molecular weight is 251 g/mol. The largest absolute Gasteiger partial charge is 0.508 e. The highest BCUT2D eigenvalue weighted by atomic mass is 16.5. The molecule has 3 nitrogen and oxygen atoms in total. The summed E-state index contributed by atoms with van der Waals surface area (Å²) < 4.78 is 5.01. The maximum Gasteiger partial charge on any atom is 0.120 e. The summed E-state index contributed by atoms with van der Waals surface area (Å²) in [5, 5.41) is 13.3. The normalized spacial score (nSPS) is 12.6. The Morgan fingerprint density at radius 1 is 1.28 bits per heavy atom. The topological polar surface area (TPSA) is 41.5 Å². The molecule has 2 N–H and O–H groups in total. The maximum atomic E-state index is 9.88. The molecule has 1 aromatic carbocycles. The van der Waals surface area contributed by atoms with Crippen molar-refractivity contribution in [2.24, 2.45) is 0 Å². The van der Waals surface area contributed by atoms with Crippen molar-refractivity contribution in [1.29, 1.82) is 0 Å². The zero-order valence-corrected chi connectivity index (χ0v) is 11.7. The van der Waals surface area contributed by atoms with Crippen molar-refractivity contribution in [3.05, 3.63) is 29.3 Å². The van der Waals surface area contributed by atoms with Crippen LogP contribution in [-0.2, 0) is 4.74 Å². The molecule has 0 spiro atoms. The molecule has 0 fully saturated rings. The van der Waals surface area contributed by atoms with E-state index in [2.05, 4.69) is 12.2 Å². The molecular weight excluding hydrogens is 226 g/mol. The van der Waals surface area contributed by atoms with E-state index in [1.165, 1.54) is 6.42 Å². The molecule has 3 heteroatoms. The highest BCUT2D eigenvalue weighted by Crippen LogP contribution is 2.24.